The number of rotatable bonds is 2. The van der Waals surface area contributed by atoms with Gasteiger partial charge in [-0.15, -0.1) is 0 Å². The molecule has 0 amide bonds. The second-order valence-corrected chi connectivity index (χ2v) is 3.56. The summed E-state index contributed by atoms with van der Waals surface area (Å²) in [5.41, 5.74) is 0.930. The first-order valence-electron chi connectivity index (χ1n) is 4.45. The molecule has 0 bridgehead atoms. The quantitative estimate of drug-likeness (QED) is 0.781. The lowest BCUT2D eigenvalue weighted by Crippen LogP contribution is -2.07. The summed E-state index contributed by atoms with van der Waals surface area (Å²) < 4.78 is 13.4. The summed E-state index contributed by atoms with van der Waals surface area (Å²) in [5.74, 6) is -0.711. The Morgan fingerprint density at radius 1 is 1.50 bits per heavy atom. The average Bonchev–Trinajstić information content (AvgIpc) is 2.67. The van der Waals surface area contributed by atoms with Crippen LogP contribution < -0.4 is 0 Å². The lowest BCUT2D eigenvalue weighted by atomic mass is 10.1. The maximum absolute atomic E-state index is 13.4. The topological polar surface area (TPSA) is 74.7 Å². The molecule has 84 valence electrons. The molecule has 16 heavy (non-hydrogen) atoms. The third-order valence-corrected chi connectivity index (χ3v) is 2.35. The zero-order valence-electron chi connectivity index (χ0n) is 8.28. The molecular formula is C9H8ClFN4O. The summed E-state index contributed by atoms with van der Waals surface area (Å²) in [4.78, 5) is 7.13. The maximum Gasteiger partial charge on any atom is 0.222 e. The smallest absolute Gasteiger partial charge is 0.222 e. The number of aliphatic hydroxyl groups is 1. The monoisotopic (exact) mass is 242 g/mol. The summed E-state index contributed by atoms with van der Waals surface area (Å²) in [6.07, 6.45) is 1.12. The SMILES string of the molecule is Cc1[nH]ncc1C(O)c1nc(Cl)ncc1F. The van der Waals surface area contributed by atoms with Gasteiger partial charge in [-0.05, 0) is 18.5 Å². The van der Waals surface area contributed by atoms with Crippen molar-refractivity contribution in [3.05, 3.63) is 40.4 Å². The van der Waals surface area contributed by atoms with Crippen LogP contribution >= 0.6 is 11.6 Å². The Morgan fingerprint density at radius 2 is 2.25 bits per heavy atom. The first kappa shape index (κ1) is 11.0. The summed E-state index contributed by atoms with van der Waals surface area (Å²) >= 11 is 5.54. The molecule has 0 saturated heterocycles. The second kappa shape index (κ2) is 4.15. The van der Waals surface area contributed by atoms with Crippen molar-refractivity contribution in [2.24, 2.45) is 0 Å². The van der Waals surface area contributed by atoms with Crippen molar-refractivity contribution < 1.29 is 9.50 Å². The van der Waals surface area contributed by atoms with Gasteiger partial charge in [0.15, 0.2) is 5.82 Å². The highest BCUT2D eigenvalue weighted by molar-refractivity contribution is 6.28. The zero-order chi connectivity index (χ0) is 11.7. The van der Waals surface area contributed by atoms with E-state index in [2.05, 4.69) is 20.2 Å². The lowest BCUT2D eigenvalue weighted by Gasteiger charge is -2.09. The third-order valence-electron chi connectivity index (χ3n) is 2.16. The van der Waals surface area contributed by atoms with Crippen molar-refractivity contribution >= 4 is 11.6 Å². The van der Waals surface area contributed by atoms with Crippen molar-refractivity contribution in [3.63, 3.8) is 0 Å². The van der Waals surface area contributed by atoms with Gasteiger partial charge in [0.05, 0.1) is 12.4 Å². The molecule has 1 atom stereocenters. The predicted molar refractivity (Wildman–Crippen MR) is 54.4 cm³/mol. The third kappa shape index (κ3) is 1.89. The van der Waals surface area contributed by atoms with Crippen molar-refractivity contribution in [2.45, 2.75) is 13.0 Å². The standard InChI is InChI=1S/C9H8ClFN4O/c1-4-5(2-13-15-4)8(16)7-6(11)3-12-9(10)14-7/h2-3,8,16H,1H3,(H,13,15). The van der Waals surface area contributed by atoms with Crippen LogP contribution in [0.5, 0.6) is 0 Å². The highest BCUT2D eigenvalue weighted by atomic mass is 35.5. The average molecular weight is 243 g/mol. The van der Waals surface area contributed by atoms with E-state index in [-0.39, 0.29) is 11.0 Å². The fraction of sp³-hybridized carbons (Fsp3) is 0.222. The first-order valence-corrected chi connectivity index (χ1v) is 4.83. The van der Waals surface area contributed by atoms with Crippen molar-refractivity contribution in [1.82, 2.24) is 20.2 Å². The Kier molecular flexibility index (Phi) is 2.84. The molecule has 2 aromatic heterocycles. The van der Waals surface area contributed by atoms with Gasteiger partial charge in [-0.1, -0.05) is 0 Å². The number of aryl methyl sites for hydroxylation is 1. The van der Waals surface area contributed by atoms with Gasteiger partial charge in [-0.2, -0.15) is 5.10 Å². The van der Waals surface area contributed by atoms with Crippen LogP contribution in [-0.2, 0) is 0 Å². The van der Waals surface area contributed by atoms with E-state index in [1.807, 2.05) is 0 Å². The molecule has 0 aromatic carbocycles. The lowest BCUT2D eigenvalue weighted by molar-refractivity contribution is 0.208. The molecule has 7 heteroatoms. The Hall–Kier alpha value is -1.53. The van der Waals surface area contributed by atoms with Gasteiger partial charge in [0.1, 0.15) is 11.8 Å². The molecule has 1 unspecified atom stereocenters. The molecule has 0 spiro atoms. The summed E-state index contributed by atoms with van der Waals surface area (Å²) in [5, 5.41) is 16.2. The van der Waals surface area contributed by atoms with Gasteiger partial charge in [0, 0.05) is 11.3 Å². The normalized spacial score (nSPS) is 12.8. The Labute approximate surface area is 95.3 Å². The molecule has 2 N–H and O–H groups in total. The number of nitrogens with one attached hydrogen (secondary N) is 1. The Balaban J connectivity index is 2.45. The van der Waals surface area contributed by atoms with E-state index in [1.54, 1.807) is 6.92 Å². The van der Waals surface area contributed by atoms with E-state index >= 15 is 0 Å². The molecule has 0 fully saturated rings. The number of hydrogen-bond acceptors (Lipinski definition) is 4. The minimum absolute atomic E-state index is 0.114. The second-order valence-electron chi connectivity index (χ2n) is 3.23. The van der Waals surface area contributed by atoms with Crippen LogP contribution in [0.4, 0.5) is 4.39 Å². The maximum atomic E-state index is 13.4. The molecule has 0 aliphatic heterocycles. The Morgan fingerprint density at radius 3 is 2.88 bits per heavy atom. The summed E-state index contributed by atoms with van der Waals surface area (Å²) in [6, 6.07) is 0. The van der Waals surface area contributed by atoms with E-state index in [1.165, 1.54) is 6.20 Å². The van der Waals surface area contributed by atoms with Crippen LogP contribution in [0.3, 0.4) is 0 Å². The van der Waals surface area contributed by atoms with Crippen LogP contribution in [0, 0.1) is 12.7 Å². The number of nitrogens with zero attached hydrogens (tertiary/aromatic N) is 3. The molecule has 0 aliphatic rings. The molecule has 0 aliphatic carbocycles. The summed E-state index contributed by atoms with van der Waals surface area (Å²) in [7, 11) is 0. The van der Waals surface area contributed by atoms with E-state index in [4.69, 9.17) is 11.6 Å². The van der Waals surface area contributed by atoms with Gasteiger partial charge in [0.25, 0.3) is 0 Å². The van der Waals surface area contributed by atoms with Crippen LogP contribution in [0.2, 0.25) is 5.28 Å². The van der Waals surface area contributed by atoms with Crippen LogP contribution in [-0.4, -0.2) is 25.3 Å². The van der Waals surface area contributed by atoms with Gasteiger partial charge in [-0.25, -0.2) is 14.4 Å². The number of aliphatic hydroxyl groups excluding tert-OH is 1. The number of halogens is 2. The largest absolute Gasteiger partial charge is 0.382 e. The van der Waals surface area contributed by atoms with Gasteiger partial charge >= 0.3 is 0 Å². The molecule has 0 radical (unpaired) electrons. The Bertz CT molecular complexity index is 516. The minimum Gasteiger partial charge on any atom is -0.382 e. The van der Waals surface area contributed by atoms with Gasteiger partial charge < -0.3 is 5.11 Å². The number of aromatic nitrogens is 4. The minimum atomic E-state index is -1.21. The van der Waals surface area contributed by atoms with Crippen LogP contribution in [0.1, 0.15) is 23.1 Å². The number of aromatic amines is 1. The predicted octanol–water partition coefficient (Wildman–Crippen LogP) is 1.38. The molecular weight excluding hydrogens is 235 g/mol. The molecule has 5 nitrogen and oxygen atoms in total. The van der Waals surface area contributed by atoms with Crippen molar-refractivity contribution in [1.29, 1.82) is 0 Å². The fourth-order valence-electron chi connectivity index (χ4n) is 1.33. The van der Waals surface area contributed by atoms with Gasteiger partial charge in [-0.3, -0.25) is 5.10 Å². The molecule has 2 aromatic rings. The van der Waals surface area contributed by atoms with E-state index in [0.29, 0.717) is 11.3 Å². The van der Waals surface area contributed by atoms with Gasteiger partial charge in [0.2, 0.25) is 5.28 Å². The van der Waals surface area contributed by atoms with E-state index < -0.39 is 11.9 Å². The highest BCUT2D eigenvalue weighted by Crippen LogP contribution is 2.24. The molecule has 0 saturated carbocycles. The summed E-state index contributed by atoms with van der Waals surface area (Å²) in [6.45, 7) is 1.71. The molecule has 2 rings (SSSR count). The highest BCUT2D eigenvalue weighted by Gasteiger charge is 2.20. The van der Waals surface area contributed by atoms with Crippen LogP contribution in [0.15, 0.2) is 12.4 Å². The molecule has 2 heterocycles. The number of hydrogen-bond donors (Lipinski definition) is 2. The zero-order valence-corrected chi connectivity index (χ0v) is 9.03. The van der Waals surface area contributed by atoms with Crippen molar-refractivity contribution in [3.8, 4) is 0 Å². The van der Waals surface area contributed by atoms with E-state index in [0.717, 1.165) is 6.20 Å². The number of H-pyrrole nitrogens is 1. The van der Waals surface area contributed by atoms with Crippen LogP contribution in [0.25, 0.3) is 0 Å². The first-order chi connectivity index (χ1) is 7.59. The van der Waals surface area contributed by atoms with E-state index in [9.17, 15) is 9.50 Å². The fourth-order valence-corrected chi connectivity index (χ4v) is 1.47. The van der Waals surface area contributed by atoms with Crippen molar-refractivity contribution in [2.75, 3.05) is 0 Å².